The molecule has 1 aromatic carbocycles. The normalized spacial score (nSPS) is 23.6. The number of benzene rings is 1. The molecule has 0 amide bonds. The summed E-state index contributed by atoms with van der Waals surface area (Å²) in [4.78, 5) is 2.62. The Bertz CT molecular complexity index is 409. The van der Waals surface area contributed by atoms with E-state index in [1.54, 1.807) is 0 Å². The number of halogens is 1. The van der Waals surface area contributed by atoms with Crippen LogP contribution < -0.4 is 5.32 Å². The lowest BCUT2D eigenvalue weighted by Crippen LogP contribution is -2.49. The SMILES string of the molecule is Clc1ccc(CN2CCCNC3(CCCC3)C2)cc1. The van der Waals surface area contributed by atoms with E-state index in [1.165, 1.54) is 57.3 Å². The first kappa shape index (κ1) is 13.4. The largest absolute Gasteiger partial charge is 0.310 e. The minimum atomic E-state index is 0.406. The molecule has 1 N–H and O–H groups in total. The second-order valence-electron chi connectivity index (χ2n) is 6.10. The van der Waals surface area contributed by atoms with E-state index in [1.807, 2.05) is 12.1 Å². The van der Waals surface area contributed by atoms with E-state index in [2.05, 4.69) is 22.3 Å². The maximum Gasteiger partial charge on any atom is 0.0406 e. The van der Waals surface area contributed by atoms with Gasteiger partial charge in [-0.1, -0.05) is 36.6 Å². The summed E-state index contributed by atoms with van der Waals surface area (Å²) in [6.45, 7) is 4.64. The number of hydrogen-bond acceptors (Lipinski definition) is 2. The Labute approximate surface area is 121 Å². The van der Waals surface area contributed by atoms with Crippen molar-refractivity contribution in [3.63, 3.8) is 0 Å². The van der Waals surface area contributed by atoms with Gasteiger partial charge in [0, 0.05) is 23.7 Å². The second kappa shape index (κ2) is 5.82. The molecule has 104 valence electrons. The molecule has 0 radical (unpaired) electrons. The van der Waals surface area contributed by atoms with Gasteiger partial charge in [0.15, 0.2) is 0 Å². The minimum Gasteiger partial charge on any atom is -0.310 e. The molecule has 3 rings (SSSR count). The first-order valence-electron chi connectivity index (χ1n) is 7.48. The van der Waals surface area contributed by atoms with Crippen LogP contribution in [-0.2, 0) is 6.54 Å². The van der Waals surface area contributed by atoms with Crippen LogP contribution in [0.25, 0.3) is 0 Å². The van der Waals surface area contributed by atoms with Crippen LogP contribution in [0.1, 0.15) is 37.7 Å². The first-order chi connectivity index (χ1) is 9.26. The molecule has 2 nitrogen and oxygen atoms in total. The van der Waals surface area contributed by atoms with E-state index in [0.29, 0.717) is 5.54 Å². The molecule has 3 heteroatoms. The van der Waals surface area contributed by atoms with Gasteiger partial charge in [0.05, 0.1) is 0 Å². The molecule has 1 aromatic rings. The quantitative estimate of drug-likeness (QED) is 0.891. The summed E-state index contributed by atoms with van der Waals surface area (Å²) in [6.07, 6.45) is 6.74. The fourth-order valence-electron chi connectivity index (χ4n) is 3.59. The van der Waals surface area contributed by atoms with Crippen LogP contribution in [0, 0.1) is 0 Å². The first-order valence-corrected chi connectivity index (χ1v) is 7.85. The zero-order valence-electron chi connectivity index (χ0n) is 11.5. The van der Waals surface area contributed by atoms with Crippen molar-refractivity contribution in [1.29, 1.82) is 0 Å². The van der Waals surface area contributed by atoms with E-state index in [-0.39, 0.29) is 0 Å². The topological polar surface area (TPSA) is 15.3 Å². The summed E-state index contributed by atoms with van der Waals surface area (Å²) >= 11 is 5.96. The third-order valence-corrected chi connectivity index (χ3v) is 4.81. The molecule has 1 heterocycles. The summed E-state index contributed by atoms with van der Waals surface area (Å²) in [5.41, 5.74) is 1.78. The predicted molar refractivity (Wildman–Crippen MR) is 80.5 cm³/mol. The highest BCUT2D eigenvalue weighted by Gasteiger charge is 2.36. The molecule has 0 atom stereocenters. The van der Waals surface area contributed by atoms with Crippen LogP contribution in [0.4, 0.5) is 0 Å². The van der Waals surface area contributed by atoms with Crippen molar-refractivity contribution in [3.8, 4) is 0 Å². The van der Waals surface area contributed by atoms with Gasteiger partial charge in [0.25, 0.3) is 0 Å². The molecule has 2 fully saturated rings. The van der Waals surface area contributed by atoms with Gasteiger partial charge in [-0.15, -0.1) is 0 Å². The highest BCUT2D eigenvalue weighted by Crippen LogP contribution is 2.32. The Balaban J connectivity index is 1.67. The zero-order chi connectivity index (χ0) is 13.1. The number of nitrogens with one attached hydrogen (secondary N) is 1. The third kappa shape index (κ3) is 3.31. The van der Waals surface area contributed by atoms with Gasteiger partial charge in [-0.05, 0) is 50.0 Å². The van der Waals surface area contributed by atoms with Crippen LogP contribution >= 0.6 is 11.6 Å². The van der Waals surface area contributed by atoms with Crippen molar-refractivity contribution < 1.29 is 0 Å². The molecule has 1 saturated carbocycles. The number of hydrogen-bond donors (Lipinski definition) is 1. The summed E-state index contributed by atoms with van der Waals surface area (Å²) in [7, 11) is 0. The second-order valence-corrected chi connectivity index (χ2v) is 6.54. The monoisotopic (exact) mass is 278 g/mol. The molecule has 1 aliphatic carbocycles. The fraction of sp³-hybridized carbons (Fsp3) is 0.625. The molecule has 0 aromatic heterocycles. The van der Waals surface area contributed by atoms with E-state index in [4.69, 9.17) is 11.6 Å². The Hall–Kier alpha value is -0.570. The Morgan fingerprint density at radius 1 is 1.11 bits per heavy atom. The average molecular weight is 279 g/mol. The standard InChI is InChI=1S/C16H23ClN2/c17-15-6-4-14(5-7-15)12-19-11-3-10-18-16(13-19)8-1-2-9-16/h4-7,18H,1-3,8-13H2. The van der Waals surface area contributed by atoms with Crippen LogP contribution in [0.3, 0.4) is 0 Å². The smallest absolute Gasteiger partial charge is 0.0406 e. The average Bonchev–Trinajstić information content (AvgIpc) is 2.76. The van der Waals surface area contributed by atoms with Crippen molar-refractivity contribution in [2.24, 2.45) is 0 Å². The van der Waals surface area contributed by atoms with Crippen LogP contribution in [0.2, 0.25) is 5.02 Å². The molecular weight excluding hydrogens is 256 g/mol. The molecule has 2 aliphatic rings. The lowest BCUT2D eigenvalue weighted by Gasteiger charge is -2.33. The van der Waals surface area contributed by atoms with E-state index in [0.717, 1.165) is 11.6 Å². The highest BCUT2D eigenvalue weighted by molar-refractivity contribution is 6.30. The van der Waals surface area contributed by atoms with E-state index >= 15 is 0 Å². The predicted octanol–water partition coefficient (Wildman–Crippen LogP) is 3.45. The van der Waals surface area contributed by atoms with E-state index < -0.39 is 0 Å². The zero-order valence-corrected chi connectivity index (χ0v) is 12.3. The Kier molecular flexibility index (Phi) is 4.11. The molecule has 1 aliphatic heterocycles. The van der Waals surface area contributed by atoms with Crippen molar-refractivity contribution >= 4 is 11.6 Å². The number of nitrogens with zero attached hydrogens (tertiary/aromatic N) is 1. The van der Waals surface area contributed by atoms with E-state index in [9.17, 15) is 0 Å². The summed E-state index contributed by atoms with van der Waals surface area (Å²) in [5, 5.41) is 4.65. The lowest BCUT2D eigenvalue weighted by molar-refractivity contribution is 0.203. The minimum absolute atomic E-state index is 0.406. The van der Waals surface area contributed by atoms with Crippen LogP contribution in [-0.4, -0.2) is 30.1 Å². The van der Waals surface area contributed by atoms with Gasteiger partial charge in [-0.25, -0.2) is 0 Å². The van der Waals surface area contributed by atoms with Gasteiger partial charge in [-0.3, -0.25) is 4.90 Å². The lowest BCUT2D eigenvalue weighted by atomic mass is 9.97. The summed E-state index contributed by atoms with van der Waals surface area (Å²) in [6, 6.07) is 8.31. The molecule has 19 heavy (non-hydrogen) atoms. The summed E-state index contributed by atoms with van der Waals surface area (Å²) < 4.78 is 0. The maximum absolute atomic E-state index is 5.96. The molecule has 0 bridgehead atoms. The Morgan fingerprint density at radius 3 is 2.58 bits per heavy atom. The third-order valence-electron chi connectivity index (χ3n) is 4.56. The van der Waals surface area contributed by atoms with Gasteiger partial charge in [-0.2, -0.15) is 0 Å². The van der Waals surface area contributed by atoms with Crippen LogP contribution in [0.5, 0.6) is 0 Å². The van der Waals surface area contributed by atoms with Crippen molar-refractivity contribution in [2.75, 3.05) is 19.6 Å². The van der Waals surface area contributed by atoms with Gasteiger partial charge < -0.3 is 5.32 Å². The van der Waals surface area contributed by atoms with Gasteiger partial charge >= 0.3 is 0 Å². The molecule has 0 unspecified atom stereocenters. The van der Waals surface area contributed by atoms with Gasteiger partial charge in [0.1, 0.15) is 0 Å². The highest BCUT2D eigenvalue weighted by atomic mass is 35.5. The number of rotatable bonds is 2. The molecule has 1 spiro atoms. The molecular formula is C16H23ClN2. The van der Waals surface area contributed by atoms with Crippen molar-refractivity contribution in [2.45, 2.75) is 44.2 Å². The van der Waals surface area contributed by atoms with Crippen molar-refractivity contribution in [3.05, 3.63) is 34.9 Å². The maximum atomic E-state index is 5.96. The van der Waals surface area contributed by atoms with Crippen molar-refractivity contribution in [1.82, 2.24) is 10.2 Å². The fourth-order valence-corrected chi connectivity index (χ4v) is 3.71. The van der Waals surface area contributed by atoms with Gasteiger partial charge in [0.2, 0.25) is 0 Å². The molecule has 1 saturated heterocycles. The Morgan fingerprint density at radius 2 is 1.84 bits per heavy atom. The summed E-state index contributed by atoms with van der Waals surface area (Å²) in [5.74, 6) is 0. The van der Waals surface area contributed by atoms with Crippen LogP contribution in [0.15, 0.2) is 24.3 Å².